The fraction of sp³-hybridized carbons (Fsp3) is 0.400. The van der Waals surface area contributed by atoms with Crippen LogP contribution in [0, 0.1) is 0 Å². The summed E-state index contributed by atoms with van der Waals surface area (Å²) in [5.41, 5.74) is 5.26. The molecule has 0 unspecified atom stereocenters. The van der Waals surface area contributed by atoms with Gasteiger partial charge in [0.1, 0.15) is 0 Å². The number of aromatic nitrogens is 3. The van der Waals surface area contributed by atoms with Gasteiger partial charge in [0, 0.05) is 29.6 Å². The van der Waals surface area contributed by atoms with Crippen LogP contribution in [0.1, 0.15) is 55.5 Å². The maximum Gasteiger partial charge on any atom is 0.333 e. The molecule has 2 aliphatic carbocycles. The number of carbonyl (C=O) groups is 1. The summed E-state index contributed by atoms with van der Waals surface area (Å²) in [5, 5.41) is 7.03. The van der Waals surface area contributed by atoms with Gasteiger partial charge in [-0.05, 0) is 61.3 Å². The molecule has 9 nitrogen and oxygen atoms in total. The van der Waals surface area contributed by atoms with Crippen molar-refractivity contribution in [3.8, 4) is 17.0 Å². The zero-order valence-electron chi connectivity index (χ0n) is 19.9. The number of pyridine rings is 1. The van der Waals surface area contributed by atoms with Gasteiger partial charge >= 0.3 is 6.03 Å². The first-order valence-corrected chi connectivity index (χ1v) is 13.5. The van der Waals surface area contributed by atoms with E-state index < -0.39 is 16.1 Å². The van der Waals surface area contributed by atoms with E-state index in [-0.39, 0.29) is 11.1 Å². The van der Waals surface area contributed by atoms with Crippen LogP contribution in [0.2, 0.25) is 0 Å². The third-order valence-corrected chi connectivity index (χ3v) is 7.67. The zero-order chi connectivity index (χ0) is 24.6. The number of sulfonamides is 1. The smallest absolute Gasteiger partial charge is 0.333 e. The summed E-state index contributed by atoms with van der Waals surface area (Å²) >= 11 is 0. The van der Waals surface area contributed by atoms with Crippen molar-refractivity contribution in [3.05, 3.63) is 53.3 Å². The second-order valence-electron chi connectivity index (χ2n) is 9.03. The van der Waals surface area contributed by atoms with Crippen molar-refractivity contribution in [1.29, 1.82) is 0 Å². The number of amides is 2. The van der Waals surface area contributed by atoms with Crippen LogP contribution in [0.15, 0.2) is 41.6 Å². The van der Waals surface area contributed by atoms with Crippen LogP contribution >= 0.6 is 0 Å². The van der Waals surface area contributed by atoms with Crippen LogP contribution in [0.25, 0.3) is 11.1 Å². The maximum absolute atomic E-state index is 13.0. The van der Waals surface area contributed by atoms with E-state index in [1.807, 2.05) is 19.1 Å². The Morgan fingerprint density at radius 1 is 1.20 bits per heavy atom. The Kier molecular flexibility index (Phi) is 6.22. The fourth-order valence-electron chi connectivity index (χ4n) is 4.67. The first-order valence-electron chi connectivity index (χ1n) is 12.0. The van der Waals surface area contributed by atoms with Crippen LogP contribution < -0.4 is 14.8 Å². The van der Waals surface area contributed by atoms with Crippen molar-refractivity contribution in [1.82, 2.24) is 19.5 Å². The average Bonchev–Trinajstić information content (AvgIpc) is 3.40. The number of aryl methyl sites for hydroxylation is 2. The Labute approximate surface area is 205 Å². The van der Waals surface area contributed by atoms with Gasteiger partial charge in [-0.2, -0.15) is 13.5 Å². The van der Waals surface area contributed by atoms with Crippen molar-refractivity contribution in [2.45, 2.75) is 62.9 Å². The highest BCUT2D eigenvalue weighted by Gasteiger charge is 2.31. The fourth-order valence-corrected chi connectivity index (χ4v) is 5.56. The van der Waals surface area contributed by atoms with E-state index in [1.54, 1.807) is 30.1 Å². The van der Waals surface area contributed by atoms with E-state index in [0.717, 1.165) is 72.9 Å². The van der Waals surface area contributed by atoms with Crippen molar-refractivity contribution in [2.24, 2.45) is 0 Å². The molecule has 1 saturated carbocycles. The molecule has 2 aliphatic rings. The summed E-state index contributed by atoms with van der Waals surface area (Å²) in [6.45, 7) is 2.04. The zero-order valence-corrected chi connectivity index (χ0v) is 20.7. The minimum atomic E-state index is -4.13. The number of benzene rings is 1. The van der Waals surface area contributed by atoms with E-state index in [0.29, 0.717) is 11.6 Å². The van der Waals surface area contributed by atoms with Gasteiger partial charge in [0.25, 0.3) is 10.0 Å². The lowest BCUT2D eigenvalue weighted by atomic mass is 9.98. The summed E-state index contributed by atoms with van der Waals surface area (Å²) in [6.07, 6.45) is 7.95. The molecule has 1 aromatic carbocycles. The predicted octanol–water partition coefficient (Wildman–Crippen LogP) is 4.24. The maximum atomic E-state index is 13.0. The molecule has 10 heteroatoms. The summed E-state index contributed by atoms with van der Waals surface area (Å²) < 4.78 is 35.3. The predicted molar refractivity (Wildman–Crippen MR) is 132 cm³/mol. The molecule has 2 N–H and O–H groups in total. The number of ether oxygens (including phenoxy) is 1. The number of nitrogens with one attached hydrogen (secondary N) is 2. The number of anilines is 1. The lowest BCUT2D eigenvalue weighted by Crippen LogP contribution is -2.35. The Balaban J connectivity index is 1.43. The van der Waals surface area contributed by atoms with Crippen LogP contribution in [-0.2, 0) is 29.3 Å². The quantitative estimate of drug-likeness (QED) is 0.483. The molecule has 5 rings (SSSR count). The molecule has 184 valence electrons. The summed E-state index contributed by atoms with van der Waals surface area (Å²) in [7, 11) is -2.59. The SMILES string of the molecule is CCCc1cc(S(=O)(=O)NC(=O)Nc2c(-c3ccnc(OC)c3)ccc3c2CCC3)nn1C1CC1. The second-order valence-corrected chi connectivity index (χ2v) is 10.7. The van der Waals surface area contributed by atoms with Crippen LogP contribution in [0.3, 0.4) is 0 Å². The van der Waals surface area contributed by atoms with Crippen molar-refractivity contribution >= 4 is 21.7 Å². The van der Waals surface area contributed by atoms with Gasteiger partial charge in [0.15, 0.2) is 5.03 Å². The molecule has 0 atom stereocenters. The van der Waals surface area contributed by atoms with Crippen molar-refractivity contribution in [3.63, 3.8) is 0 Å². The van der Waals surface area contributed by atoms with Crippen molar-refractivity contribution in [2.75, 3.05) is 12.4 Å². The Hall–Kier alpha value is -3.40. The van der Waals surface area contributed by atoms with Gasteiger partial charge in [-0.15, -0.1) is 0 Å². The molecule has 35 heavy (non-hydrogen) atoms. The van der Waals surface area contributed by atoms with Crippen molar-refractivity contribution < 1.29 is 17.9 Å². The van der Waals surface area contributed by atoms with E-state index >= 15 is 0 Å². The summed E-state index contributed by atoms with van der Waals surface area (Å²) in [5.74, 6) is 0.454. The second kappa shape index (κ2) is 9.33. The van der Waals surface area contributed by atoms with Gasteiger partial charge in [0.05, 0.1) is 18.8 Å². The Bertz CT molecular complexity index is 1380. The molecular weight excluding hydrogens is 466 g/mol. The largest absolute Gasteiger partial charge is 0.481 e. The third kappa shape index (κ3) is 4.75. The normalized spacial score (nSPS) is 15.0. The number of fused-ring (bicyclic) bond motifs is 1. The number of rotatable bonds is 8. The number of hydrogen-bond donors (Lipinski definition) is 2. The Morgan fingerprint density at radius 2 is 2.03 bits per heavy atom. The Morgan fingerprint density at radius 3 is 2.77 bits per heavy atom. The van der Waals surface area contributed by atoms with Gasteiger partial charge in [-0.1, -0.05) is 25.5 Å². The number of methoxy groups -OCH3 is 1. The molecule has 0 radical (unpaired) electrons. The van der Waals surface area contributed by atoms with Crippen LogP contribution in [0.4, 0.5) is 10.5 Å². The number of carbonyl (C=O) groups excluding carboxylic acids is 1. The molecule has 0 spiro atoms. The monoisotopic (exact) mass is 495 g/mol. The number of hydrogen-bond acceptors (Lipinski definition) is 6. The lowest BCUT2D eigenvalue weighted by Gasteiger charge is -2.17. The average molecular weight is 496 g/mol. The van der Waals surface area contributed by atoms with Gasteiger partial charge in [0.2, 0.25) is 5.88 Å². The molecule has 3 aromatic rings. The molecule has 2 amide bonds. The molecule has 0 saturated heterocycles. The van der Waals surface area contributed by atoms with E-state index in [1.165, 1.54) is 0 Å². The van der Waals surface area contributed by atoms with Crippen LogP contribution in [-0.4, -0.2) is 36.3 Å². The summed E-state index contributed by atoms with van der Waals surface area (Å²) in [6, 6.07) is 8.63. The van der Waals surface area contributed by atoms with E-state index in [4.69, 9.17) is 4.74 Å². The molecule has 0 bridgehead atoms. The third-order valence-electron chi connectivity index (χ3n) is 6.47. The van der Waals surface area contributed by atoms with Crippen LogP contribution in [0.5, 0.6) is 5.88 Å². The molecular formula is C25H29N5O4S. The highest BCUT2D eigenvalue weighted by molar-refractivity contribution is 7.90. The van der Waals surface area contributed by atoms with E-state index in [2.05, 4.69) is 26.2 Å². The standard InChI is InChI=1S/C25H29N5O4S/c1-3-5-19-15-23(28-30(19)18-9-10-18)35(32,33)29-25(31)27-24-20-7-4-6-16(20)8-11-21(24)17-12-13-26-22(14-17)34-2/h8,11-15,18H,3-7,9-10H2,1-2H3,(H2,27,29,31). The highest BCUT2D eigenvalue weighted by Crippen LogP contribution is 2.38. The van der Waals surface area contributed by atoms with E-state index in [9.17, 15) is 13.2 Å². The molecule has 2 heterocycles. The molecule has 0 aliphatic heterocycles. The van der Waals surface area contributed by atoms with Gasteiger partial charge in [-0.25, -0.2) is 14.5 Å². The minimum Gasteiger partial charge on any atom is -0.481 e. The highest BCUT2D eigenvalue weighted by atomic mass is 32.2. The minimum absolute atomic E-state index is 0.125. The number of urea groups is 1. The first kappa shape index (κ1) is 23.3. The number of nitrogens with zero attached hydrogens (tertiary/aromatic N) is 3. The van der Waals surface area contributed by atoms with Gasteiger partial charge < -0.3 is 10.1 Å². The first-order chi connectivity index (χ1) is 16.9. The molecule has 1 fully saturated rings. The lowest BCUT2D eigenvalue weighted by molar-refractivity contribution is 0.256. The molecule has 2 aromatic heterocycles. The summed E-state index contributed by atoms with van der Waals surface area (Å²) in [4.78, 5) is 17.2. The topological polar surface area (TPSA) is 115 Å². The van der Waals surface area contributed by atoms with Gasteiger partial charge in [-0.3, -0.25) is 4.68 Å².